The molecule has 0 aliphatic rings. The fourth-order valence-corrected chi connectivity index (χ4v) is 5.36. The second-order valence-corrected chi connectivity index (χ2v) is 10.4. The van der Waals surface area contributed by atoms with Crippen molar-refractivity contribution in [2.75, 3.05) is 5.75 Å². The highest BCUT2D eigenvalue weighted by Crippen LogP contribution is 2.24. The Bertz CT molecular complexity index is 915. The Morgan fingerprint density at radius 2 is 1.27 bits per heavy atom. The number of H-pyrrole nitrogens is 1. The van der Waals surface area contributed by atoms with E-state index in [1.807, 2.05) is 4.57 Å². The van der Waals surface area contributed by atoms with Gasteiger partial charge < -0.3 is 4.57 Å². The monoisotopic (exact) mass is 478 g/mol. The summed E-state index contributed by atoms with van der Waals surface area (Å²) in [5.74, 6) is 1.00. The topological polar surface area (TPSA) is 72.7 Å². The molecule has 0 aliphatic heterocycles. The highest BCUT2D eigenvalue weighted by atomic mass is 32.2. The molecule has 0 saturated carbocycles. The van der Waals surface area contributed by atoms with Crippen LogP contribution in [0.3, 0.4) is 0 Å². The van der Waals surface area contributed by atoms with Crippen molar-refractivity contribution in [3.05, 3.63) is 20.8 Å². The first-order valence-corrected chi connectivity index (χ1v) is 14.4. The van der Waals surface area contributed by atoms with E-state index in [1.54, 1.807) is 18.8 Å². The lowest BCUT2D eigenvalue weighted by molar-refractivity contribution is 0.543. The molecular formula is C26H46N4O2S. The van der Waals surface area contributed by atoms with Gasteiger partial charge in [0.15, 0.2) is 16.3 Å². The predicted molar refractivity (Wildman–Crippen MR) is 142 cm³/mol. The Morgan fingerprint density at radius 1 is 0.758 bits per heavy atom. The summed E-state index contributed by atoms with van der Waals surface area (Å²) in [5, 5.41) is 0.876. The number of aromatic nitrogens is 4. The van der Waals surface area contributed by atoms with E-state index < -0.39 is 5.69 Å². The summed E-state index contributed by atoms with van der Waals surface area (Å²) in [7, 11) is 1.68. The van der Waals surface area contributed by atoms with Gasteiger partial charge in [0.05, 0.1) is 0 Å². The van der Waals surface area contributed by atoms with Crippen molar-refractivity contribution in [2.45, 2.75) is 128 Å². The van der Waals surface area contributed by atoms with Gasteiger partial charge >= 0.3 is 5.69 Å². The summed E-state index contributed by atoms with van der Waals surface area (Å²) < 4.78 is 3.51. The van der Waals surface area contributed by atoms with Gasteiger partial charge in [0.2, 0.25) is 0 Å². The zero-order chi connectivity index (χ0) is 23.9. The van der Waals surface area contributed by atoms with Gasteiger partial charge in [-0.3, -0.25) is 14.3 Å². The van der Waals surface area contributed by atoms with E-state index >= 15 is 0 Å². The van der Waals surface area contributed by atoms with Gasteiger partial charge in [0, 0.05) is 19.3 Å². The number of imidazole rings is 1. The highest BCUT2D eigenvalue weighted by molar-refractivity contribution is 7.99. The average Bonchev–Trinajstić information content (AvgIpc) is 3.17. The Balaban J connectivity index is 1.86. The number of aryl methyl sites for hydroxylation is 2. The molecule has 33 heavy (non-hydrogen) atoms. The normalized spacial score (nSPS) is 11.6. The smallest absolute Gasteiger partial charge is 0.313 e. The van der Waals surface area contributed by atoms with E-state index in [2.05, 4.69) is 18.8 Å². The summed E-state index contributed by atoms with van der Waals surface area (Å²) in [6, 6.07) is 0. The number of thioether (sulfide) groups is 1. The molecule has 188 valence electrons. The Kier molecular flexibility index (Phi) is 13.6. The molecule has 0 atom stereocenters. The second-order valence-electron chi connectivity index (χ2n) is 9.33. The third-order valence-electron chi connectivity index (χ3n) is 6.44. The first-order chi connectivity index (χ1) is 16.1. The Morgan fingerprint density at radius 3 is 1.85 bits per heavy atom. The maximum atomic E-state index is 12.6. The van der Waals surface area contributed by atoms with Crippen molar-refractivity contribution in [1.82, 2.24) is 19.1 Å². The van der Waals surface area contributed by atoms with Gasteiger partial charge in [-0.2, -0.15) is 0 Å². The molecule has 0 aliphatic carbocycles. The number of hydrogen-bond acceptors (Lipinski definition) is 4. The van der Waals surface area contributed by atoms with E-state index in [4.69, 9.17) is 4.98 Å². The number of unbranched alkanes of at least 4 members (excludes halogenated alkanes) is 14. The van der Waals surface area contributed by atoms with Crippen LogP contribution in [0.1, 0.15) is 117 Å². The van der Waals surface area contributed by atoms with Crippen molar-refractivity contribution in [2.24, 2.45) is 7.05 Å². The fourth-order valence-electron chi connectivity index (χ4n) is 4.34. The molecule has 0 radical (unpaired) electrons. The molecule has 0 spiro atoms. The minimum absolute atomic E-state index is 0.322. The third kappa shape index (κ3) is 9.34. The van der Waals surface area contributed by atoms with Crippen molar-refractivity contribution < 1.29 is 0 Å². The van der Waals surface area contributed by atoms with Crippen LogP contribution in [0.2, 0.25) is 0 Å². The lowest BCUT2D eigenvalue weighted by Gasteiger charge is -2.09. The van der Waals surface area contributed by atoms with Crippen molar-refractivity contribution >= 4 is 22.9 Å². The molecule has 0 amide bonds. The lowest BCUT2D eigenvalue weighted by Crippen LogP contribution is -2.29. The molecule has 0 bridgehead atoms. The van der Waals surface area contributed by atoms with E-state index in [0.717, 1.165) is 36.7 Å². The third-order valence-corrected chi connectivity index (χ3v) is 7.50. The first-order valence-electron chi connectivity index (χ1n) is 13.4. The molecule has 0 saturated heterocycles. The van der Waals surface area contributed by atoms with Gasteiger partial charge in [0.25, 0.3) is 5.56 Å². The molecule has 7 heteroatoms. The van der Waals surface area contributed by atoms with E-state index in [9.17, 15) is 9.59 Å². The highest BCUT2D eigenvalue weighted by Gasteiger charge is 2.17. The minimum atomic E-state index is -0.400. The average molecular weight is 479 g/mol. The van der Waals surface area contributed by atoms with Crippen LogP contribution in [0.15, 0.2) is 14.7 Å². The number of nitrogens with zero attached hydrogens (tertiary/aromatic N) is 3. The second kappa shape index (κ2) is 16.2. The maximum Gasteiger partial charge on any atom is 0.329 e. The molecule has 6 nitrogen and oxygen atoms in total. The molecule has 2 heterocycles. The van der Waals surface area contributed by atoms with E-state index in [1.165, 1.54) is 88.0 Å². The van der Waals surface area contributed by atoms with Crippen LogP contribution < -0.4 is 11.2 Å². The standard InChI is InChI=1S/C26H46N4O2S/c1-4-6-8-10-12-13-14-15-17-19-21-33-26-27-23-22(24(31)28-25(32)29(23)3)30(26)20-18-16-11-9-7-5-2/h4-21H2,1-3H3,(H,28,31,32). The Labute approximate surface area is 204 Å². The van der Waals surface area contributed by atoms with Crippen LogP contribution in [0.4, 0.5) is 0 Å². The number of nitrogens with one attached hydrogen (secondary N) is 1. The van der Waals surface area contributed by atoms with Crippen LogP contribution in [-0.4, -0.2) is 24.9 Å². The fraction of sp³-hybridized carbons (Fsp3) is 0.808. The predicted octanol–water partition coefficient (Wildman–Crippen LogP) is 6.80. The van der Waals surface area contributed by atoms with Gasteiger partial charge in [-0.15, -0.1) is 0 Å². The van der Waals surface area contributed by atoms with Crippen LogP contribution >= 0.6 is 11.8 Å². The van der Waals surface area contributed by atoms with Crippen LogP contribution in [0.5, 0.6) is 0 Å². The molecule has 0 aromatic carbocycles. The zero-order valence-corrected chi connectivity index (χ0v) is 22.1. The summed E-state index contributed by atoms with van der Waals surface area (Å²) in [6.45, 7) is 5.28. The van der Waals surface area contributed by atoms with Gasteiger partial charge in [-0.1, -0.05) is 116 Å². The molecular weight excluding hydrogens is 432 g/mol. The van der Waals surface area contributed by atoms with E-state index in [-0.39, 0.29) is 5.56 Å². The SMILES string of the molecule is CCCCCCCCCCCCSc1nc2c(c(=O)[nH]c(=O)n2C)n1CCCCCCCC. The maximum absolute atomic E-state index is 12.6. The number of aromatic amines is 1. The van der Waals surface area contributed by atoms with Gasteiger partial charge in [-0.05, 0) is 12.8 Å². The Hall–Kier alpha value is -1.50. The molecule has 1 N–H and O–H groups in total. The number of rotatable bonds is 19. The summed E-state index contributed by atoms with van der Waals surface area (Å²) >= 11 is 1.73. The van der Waals surface area contributed by atoms with Gasteiger partial charge in [0.1, 0.15) is 0 Å². The summed E-state index contributed by atoms with van der Waals surface area (Å²) in [5.41, 5.74) is 0.317. The van der Waals surface area contributed by atoms with Gasteiger partial charge in [-0.25, -0.2) is 9.78 Å². The van der Waals surface area contributed by atoms with Crippen LogP contribution in [0, 0.1) is 0 Å². The zero-order valence-electron chi connectivity index (χ0n) is 21.3. The number of fused-ring (bicyclic) bond motifs is 1. The van der Waals surface area contributed by atoms with Crippen molar-refractivity contribution in [3.8, 4) is 0 Å². The molecule has 2 aromatic rings. The van der Waals surface area contributed by atoms with Crippen molar-refractivity contribution in [1.29, 1.82) is 0 Å². The van der Waals surface area contributed by atoms with Crippen LogP contribution in [0.25, 0.3) is 11.2 Å². The first kappa shape index (κ1) is 27.7. The van der Waals surface area contributed by atoms with E-state index in [0.29, 0.717) is 11.2 Å². The van der Waals surface area contributed by atoms with Crippen molar-refractivity contribution in [3.63, 3.8) is 0 Å². The van der Waals surface area contributed by atoms with Crippen LogP contribution in [-0.2, 0) is 13.6 Å². The number of hydrogen-bond donors (Lipinski definition) is 1. The molecule has 2 aromatic heterocycles. The quantitative estimate of drug-likeness (QED) is 0.178. The summed E-state index contributed by atoms with van der Waals surface area (Å²) in [4.78, 5) is 31.8. The minimum Gasteiger partial charge on any atom is -0.313 e. The molecule has 0 fully saturated rings. The molecule has 2 rings (SSSR count). The lowest BCUT2D eigenvalue weighted by atomic mass is 10.1. The largest absolute Gasteiger partial charge is 0.329 e. The molecule has 0 unspecified atom stereocenters. The summed E-state index contributed by atoms with van der Waals surface area (Å²) in [6.07, 6.45) is 20.5.